The van der Waals surface area contributed by atoms with E-state index in [9.17, 15) is 4.79 Å². The van der Waals surface area contributed by atoms with Crippen LogP contribution < -0.4 is 0 Å². The molecule has 3 nitrogen and oxygen atoms in total. The number of hydrogen-bond acceptors (Lipinski definition) is 4. The Morgan fingerprint density at radius 1 is 1.67 bits per heavy atom. The fourth-order valence-corrected chi connectivity index (χ4v) is 1.98. The lowest BCUT2D eigenvalue weighted by Gasteiger charge is -2.03. The second-order valence-electron chi connectivity index (χ2n) is 2.69. The predicted octanol–water partition coefficient (Wildman–Crippen LogP) is 1.10. The molecule has 0 amide bonds. The molecule has 2 heterocycles. The Hall–Kier alpha value is -0.870. The maximum atomic E-state index is 10.8. The molecule has 4 heteroatoms. The number of carbonyl (C=O) groups excluding carboxylic acids is 1. The van der Waals surface area contributed by atoms with Crippen LogP contribution in [-0.2, 0) is 9.53 Å². The molecule has 0 radical (unpaired) electrons. The Morgan fingerprint density at radius 2 is 2.50 bits per heavy atom. The molecule has 1 N–H and O–H groups in total. The first-order valence-electron chi connectivity index (χ1n) is 3.69. The van der Waals surface area contributed by atoms with Crippen LogP contribution in [0.1, 0.15) is 17.4 Å². The van der Waals surface area contributed by atoms with Gasteiger partial charge in [0.2, 0.25) is 0 Å². The zero-order chi connectivity index (χ0) is 8.55. The third kappa shape index (κ3) is 1.23. The number of carbonyl (C=O) groups is 1. The summed E-state index contributed by atoms with van der Waals surface area (Å²) in [5.41, 5.74) is 0. The van der Waals surface area contributed by atoms with Gasteiger partial charge in [0.1, 0.15) is 6.10 Å². The summed E-state index contributed by atoms with van der Waals surface area (Å²) in [6.07, 6.45) is -0.774. The molecule has 0 aliphatic carbocycles. The van der Waals surface area contributed by atoms with Crippen LogP contribution in [-0.4, -0.2) is 17.2 Å². The van der Waals surface area contributed by atoms with Gasteiger partial charge in [0.05, 0.1) is 0 Å². The molecule has 1 aromatic rings. The van der Waals surface area contributed by atoms with Gasteiger partial charge in [-0.3, -0.25) is 0 Å². The van der Waals surface area contributed by atoms with E-state index < -0.39 is 12.1 Å². The fourth-order valence-electron chi connectivity index (χ4n) is 1.21. The smallest absolute Gasteiger partial charge is 0.335 e. The Balaban J connectivity index is 2.14. The second-order valence-corrected chi connectivity index (χ2v) is 3.67. The van der Waals surface area contributed by atoms with E-state index in [2.05, 4.69) is 0 Å². The van der Waals surface area contributed by atoms with Crippen LogP contribution in [0.2, 0.25) is 0 Å². The molecule has 12 heavy (non-hydrogen) atoms. The first-order chi connectivity index (χ1) is 5.77. The molecule has 1 aliphatic heterocycles. The van der Waals surface area contributed by atoms with E-state index in [1.165, 1.54) is 11.3 Å². The summed E-state index contributed by atoms with van der Waals surface area (Å²) < 4.78 is 4.94. The van der Waals surface area contributed by atoms with Gasteiger partial charge in [0.15, 0.2) is 6.10 Å². The van der Waals surface area contributed by atoms with Crippen LogP contribution in [0.5, 0.6) is 0 Å². The normalized spacial score (nSPS) is 28.9. The molecule has 1 fully saturated rings. The SMILES string of the molecule is O=C1O[C@@H](c2cccs2)C[C@@H]1O. The van der Waals surface area contributed by atoms with Crippen molar-refractivity contribution >= 4 is 17.3 Å². The van der Waals surface area contributed by atoms with Crippen LogP contribution in [0.3, 0.4) is 0 Å². The Bertz CT molecular complexity index is 281. The number of thiophene rings is 1. The lowest BCUT2D eigenvalue weighted by molar-refractivity contribution is -0.147. The predicted molar refractivity (Wildman–Crippen MR) is 43.8 cm³/mol. The maximum absolute atomic E-state index is 10.8. The van der Waals surface area contributed by atoms with E-state index in [0.29, 0.717) is 6.42 Å². The highest BCUT2D eigenvalue weighted by Gasteiger charge is 2.34. The van der Waals surface area contributed by atoms with Gasteiger partial charge in [-0.1, -0.05) is 6.07 Å². The van der Waals surface area contributed by atoms with Crippen LogP contribution in [0.15, 0.2) is 17.5 Å². The number of hydrogen-bond donors (Lipinski definition) is 1. The Kier molecular flexibility index (Phi) is 1.86. The molecule has 0 spiro atoms. The highest BCUT2D eigenvalue weighted by molar-refractivity contribution is 7.10. The summed E-state index contributed by atoms with van der Waals surface area (Å²) in [6.45, 7) is 0. The fraction of sp³-hybridized carbons (Fsp3) is 0.375. The third-order valence-corrected chi connectivity index (χ3v) is 2.79. The highest BCUT2D eigenvalue weighted by atomic mass is 32.1. The minimum Gasteiger partial charge on any atom is -0.455 e. The molecular weight excluding hydrogens is 176 g/mol. The van der Waals surface area contributed by atoms with Gasteiger partial charge >= 0.3 is 5.97 Å². The van der Waals surface area contributed by atoms with Gasteiger partial charge in [0, 0.05) is 11.3 Å². The van der Waals surface area contributed by atoms with Gasteiger partial charge in [-0.15, -0.1) is 11.3 Å². The van der Waals surface area contributed by atoms with Crippen molar-refractivity contribution in [1.29, 1.82) is 0 Å². The Labute approximate surface area is 73.6 Å². The van der Waals surface area contributed by atoms with Gasteiger partial charge in [-0.25, -0.2) is 4.79 Å². The molecule has 0 unspecified atom stereocenters. The zero-order valence-corrected chi connectivity index (χ0v) is 7.08. The van der Waals surface area contributed by atoms with E-state index in [-0.39, 0.29) is 6.10 Å². The van der Waals surface area contributed by atoms with Crippen LogP contribution in [0.4, 0.5) is 0 Å². The van der Waals surface area contributed by atoms with Crippen LogP contribution >= 0.6 is 11.3 Å². The molecule has 1 saturated heterocycles. The van der Waals surface area contributed by atoms with Crippen LogP contribution in [0, 0.1) is 0 Å². The number of aliphatic hydroxyl groups is 1. The van der Waals surface area contributed by atoms with Gasteiger partial charge in [0.25, 0.3) is 0 Å². The van der Waals surface area contributed by atoms with Gasteiger partial charge < -0.3 is 9.84 Å². The first-order valence-corrected chi connectivity index (χ1v) is 4.57. The van der Waals surface area contributed by atoms with Crippen molar-refractivity contribution in [3.05, 3.63) is 22.4 Å². The number of ether oxygens (including phenoxy) is 1. The van der Waals surface area contributed by atoms with Crippen molar-refractivity contribution in [3.8, 4) is 0 Å². The molecule has 0 saturated carbocycles. The standard InChI is InChI=1S/C8H8O3S/c9-5-4-6(11-8(5)10)7-2-1-3-12-7/h1-3,5-6,9H,4H2/t5-,6+/m0/s1. The van der Waals surface area contributed by atoms with E-state index in [4.69, 9.17) is 9.84 Å². The summed E-state index contributed by atoms with van der Waals surface area (Å²) in [5.74, 6) is -0.506. The van der Waals surface area contributed by atoms with E-state index >= 15 is 0 Å². The topological polar surface area (TPSA) is 46.5 Å². The van der Waals surface area contributed by atoms with Gasteiger partial charge in [-0.2, -0.15) is 0 Å². The number of aliphatic hydroxyl groups excluding tert-OH is 1. The van der Waals surface area contributed by atoms with E-state index in [1.807, 2.05) is 17.5 Å². The molecule has 0 aromatic carbocycles. The molecule has 1 aliphatic rings. The summed E-state index contributed by atoms with van der Waals surface area (Å²) in [6, 6.07) is 3.80. The van der Waals surface area contributed by atoms with E-state index in [1.54, 1.807) is 0 Å². The zero-order valence-electron chi connectivity index (χ0n) is 6.27. The summed E-state index contributed by atoms with van der Waals surface area (Å²) >= 11 is 1.54. The van der Waals surface area contributed by atoms with Crippen molar-refractivity contribution in [2.45, 2.75) is 18.6 Å². The second kappa shape index (κ2) is 2.88. The number of cyclic esters (lactones) is 1. The average Bonchev–Trinajstić information content (AvgIpc) is 2.61. The minimum absolute atomic E-state index is 0.229. The largest absolute Gasteiger partial charge is 0.455 e. The Morgan fingerprint density at radius 3 is 3.00 bits per heavy atom. The molecule has 64 valence electrons. The van der Waals surface area contributed by atoms with Crippen molar-refractivity contribution in [2.24, 2.45) is 0 Å². The molecular formula is C8H8O3S. The maximum Gasteiger partial charge on any atom is 0.335 e. The van der Waals surface area contributed by atoms with Crippen molar-refractivity contribution in [1.82, 2.24) is 0 Å². The average molecular weight is 184 g/mol. The van der Waals surface area contributed by atoms with Gasteiger partial charge in [-0.05, 0) is 11.4 Å². The molecule has 1 aromatic heterocycles. The van der Waals surface area contributed by atoms with Crippen molar-refractivity contribution < 1.29 is 14.6 Å². The lowest BCUT2D eigenvalue weighted by Crippen LogP contribution is -2.11. The monoisotopic (exact) mass is 184 g/mol. The summed E-state index contributed by atoms with van der Waals surface area (Å²) in [5, 5.41) is 11.0. The van der Waals surface area contributed by atoms with Crippen molar-refractivity contribution in [3.63, 3.8) is 0 Å². The molecule has 0 bridgehead atoms. The summed E-state index contributed by atoms with van der Waals surface area (Å²) in [7, 11) is 0. The van der Waals surface area contributed by atoms with Crippen LogP contribution in [0.25, 0.3) is 0 Å². The molecule has 2 rings (SSSR count). The summed E-state index contributed by atoms with van der Waals surface area (Å²) in [4.78, 5) is 11.8. The third-order valence-electron chi connectivity index (χ3n) is 1.83. The number of esters is 1. The minimum atomic E-state index is -0.933. The first kappa shape index (κ1) is 7.76. The highest BCUT2D eigenvalue weighted by Crippen LogP contribution is 2.32. The quantitative estimate of drug-likeness (QED) is 0.665. The molecule has 2 atom stereocenters. The lowest BCUT2D eigenvalue weighted by atomic mass is 10.2. The number of rotatable bonds is 1. The van der Waals surface area contributed by atoms with E-state index in [0.717, 1.165) is 4.88 Å². The van der Waals surface area contributed by atoms with Crippen molar-refractivity contribution in [2.75, 3.05) is 0 Å².